The summed E-state index contributed by atoms with van der Waals surface area (Å²) in [6.07, 6.45) is 0. The van der Waals surface area contributed by atoms with E-state index in [0.29, 0.717) is 21.8 Å². The van der Waals surface area contributed by atoms with Crippen LogP contribution in [0, 0.1) is 12.7 Å². The van der Waals surface area contributed by atoms with Crippen molar-refractivity contribution in [2.75, 3.05) is 17.3 Å². The number of thiophene rings is 1. The molecule has 2 amide bonds. The van der Waals surface area contributed by atoms with Gasteiger partial charge in [-0.2, -0.15) is 0 Å². The molecule has 1 heterocycles. The minimum Gasteiger partial charge on any atom is -0.322 e. The second-order valence-electron chi connectivity index (χ2n) is 5.77. The SMILES string of the molecule is Cc1ccc(F)cc1NC(=O)c1ccccc1N(C)C(=O)c1cccs1. The lowest BCUT2D eigenvalue weighted by Gasteiger charge is -2.20. The molecule has 26 heavy (non-hydrogen) atoms. The largest absolute Gasteiger partial charge is 0.322 e. The number of carbonyl (C=O) groups is 2. The summed E-state index contributed by atoms with van der Waals surface area (Å²) < 4.78 is 13.5. The Morgan fingerprint density at radius 2 is 1.85 bits per heavy atom. The molecule has 6 heteroatoms. The van der Waals surface area contributed by atoms with Crippen LogP contribution in [0.2, 0.25) is 0 Å². The summed E-state index contributed by atoms with van der Waals surface area (Å²) in [5, 5.41) is 4.55. The monoisotopic (exact) mass is 368 g/mol. The van der Waals surface area contributed by atoms with Crippen molar-refractivity contribution in [3.05, 3.63) is 81.8 Å². The van der Waals surface area contributed by atoms with Crippen LogP contribution in [0.1, 0.15) is 25.6 Å². The molecule has 3 rings (SSSR count). The van der Waals surface area contributed by atoms with Crippen LogP contribution in [0.3, 0.4) is 0 Å². The van der Waals surface area contributed by atoms with E-state index in [-0.39, 0.29) is 5.91 Å². The van der Waals surface area contributed by atoms with Crippen molar-refractivity contribution in [3.63, 3.8) is 0 Å². The first kappa shape index (κ1) is 17.8. The predicted octanol–water partition coefficient (Wildman–Crippen LogP) is 4.72. The quantitative estimate of drug-likeness (QED) is 0.724. The number of hydrogen-bond donors (Lipinski definition) is 1. The minimum atomic E-state index is -0.427. The van der Waals surface area contributed by atoms with Crippen molar-refractivity contribution < 1.29 is 14.0 Å². The van der Waals surface area contributed by atoms with Crippen molar-refractivity contribution in [3.8, 4) is 0 Å². The summed E-state index contributed by atoms with van der Waals surface area (Å²) in [5.41, 5.74) is 1.97. The number of anilines is 2. The Bertz CT molecular complexity index is 954. The fraction of sp³-hybridized carbons (Fsp3) is 0.100. The number of amides is 2. The third kappa shape index (κ3) is 3.65. The molecule has 3 aromatic rings. The summed E-state index contributed by atoms with van der Waals surface area (Å²) in [5.74, 6) is -1.02. The van der Waals surface area contributed by atoms with Gasteiger partial charge in [0, 0.05) is 12.7 Å². The van der Waals surface area contributed by atoms with Crippen molar-refractivity contribution in [2.45, 2.75) is 6.92 Å². The Morgan fingerprint density at radius 3 is 2.58 bits per heavy atom. The lowest BCUT2D eigenvalue weighted by Crippen LogP contribution is -2.28. The molecule has 4 nitrogen and oxygen atoms in total. The standard InChI is InChI=1S/C20H17FN2O2S/c1-13-9-10-14(21)12-16(13)22-19(24)15-6-3-4-7-17(15)23(2)20(25)18-8-5-11-26-18/h3-12H,1-2H3,(H,22,24). The molecule has 0 radical (unpaired) electrons. The molecule has 2 aromatic carbocycles. The van der Waals surface area contributed by atoms with Gasteiger partial charge in [0.1, 0.15) is 5.82 Å². The van der Waals surface area contributed by atoms with Crippen LogP contribution in [0.15, 0.2) is 60.0 Å². The van der Waals surface area contributed by atoms with E-state index in [2.05, 4.69) is 5.32 Å². The normalized spacial score (nSPS) is 10.4. The Labute approximate surface area is 154 Å². The lowest BCUT2D eigenvalue weighted by molar-refractivity contribution is 0.0996. The van der Waals surface area contributed by atoms with E-state index >= 15 is 0 Å². The highest BCUT2D eigenvalue weighted by atomic mass is 32.1. The van der Waals surface area contributed by atoms with Crippen molar-refractivity contribution >= 4 is 34.5 Å². The zero-order valence-electron chi connectivity index (χ0n) is 14.3. The van der Waals surface area contributed by atoms with E-state index < -0.39 is 11.7 Å². The van der Waals surface area contributed by atoms with Gasteiger partial charge in [0.25, 0.3) is 11.8 Å². The van der Waals surface area contributed by atoms with Crippen LogP contribution in [0.5, 0.6) is 0 Å². The van der Waals surface area contributed by atoms with Crippen LogP contribution < -0.4 is 10.2 Å². The number of carbonyl (C=O) groups excluding carboxylic acids is 2. The summed E-state index contributed by atoms with van der Waals surface area (Å²) >= 11 is 1.34. The average molecular weight is 368 g/mol. The zero-order valence-corrected chi connectivity index (χ0v) is 15.1. The molecule has 1 aromatic heterocycles. The number of rotatable bonds is 4. The van der Waals surface area contributed by atoms with Gasteiger partial charge in [-0.3, -0.25) is 9.59 Å². The molecule has 0 saturated heterocycles. The van der Waals surface area contributed by atoms with Crippen LogP contribution in [0.4, 0.5) is 15.8 Å². The molecule has 0 atom stereocenters. The molecule has 0 unspecified atom stereocenters. The van der Waals surface area contributed by atoms with E-state index in [1.807, 2.05) is 5.38 Å². The highest BCUT2D eigenvalue weighted by Crippen LogP contribution is 2.24. The van der Waals surface area contributed by atoms with Gasteiger partial charge in [-0.25, -0.2) is 4.39 Å². The predicted molar refractivity (Wildman–Crippen MR) is 103 cm³/mol. The average Bonchev–Trinajstić information content (AvgIpc) is 3.18. The van der Waals surface area contributed by atoms with E-state index in [1.165, 1.54) is 28.4 Å². The Hall–Kier alpha value is -2.99. The van der Waals surface area contributed by atoms with Crippen LogP contribution in [-0.2, 0) is 0 Å². The topological polar surface area (TPSA) is 49.4 Å². The van der Waals surface area contributed by atoms with Crippen molar-refractivity contribution in [1.29, 1.82) is 0 Å². The van der Waals surface area contributed by atoms with Crippen LogP contribution in [-0.4, -0.2) is 18.9 Å². The van der Waals surface area contributed by atoms with Crippen molar-refractivity contribution in [1.82, 2.24) is 0 Å². The maximum absolute atomic E-state index is 13.5. The van der Waals surface area contributed by atoms with E-state index in [4.69, 9.17) is 0 Å². The molecule has 0 fully saturated rings. The van der Waals surface area contributed by atoms with Gasteiger partial charge in [0.05, 0.1) is 16.1 Å². The van der Waals surface area contributed by atoms with Gasteiger partial charge in [-0.05, 0) is 48.2 Å². The third-order valence-electron chi connectivity index (χ3n) is 3.99. The van der Waals surface area contributed by atoms with Gasteiger partial charge < -0.3 is 10.2 Å². The summed E-state index contributed by atoms with van der Waals surface area (Å²) in [4.78, 5) is 27.4. The summed E-state index contributed by atoms with van der Waals surface area (Å²) in [6, 6.07) is 14.6. The van der Waals surface area contributed by atoms with E-state index in [9.17, 15) is 14.0 Å². The van der Waals surface area contributed by atoms with Gasteiger partial charge >= 0.3 is 0 Å². The highest BCUT2D eigenvalue weighted by Gasteiger charge is 2.20. The molecular weight excluding hydrogens is 351 g/mol. The van der Waals surface area contributed by atoms with Gasteiger partial charge in [0.15, 0.2) is 0 Å². The maximum atomic E-state index is 13.5. The van der Waals surface area contributed by atoms with Gasteiger partial charge in [-0.1, -0.05) is 24.3 Å². The smallest absolute Gasteiger partial charge is 0.268 e. The fourth-order valence-corrected chi connectivity index (χ4v) is 3.25. The maximum Gasteiger partial charge on any atom is 0.268 e. The van der Waals surface area contributed by atoms with E-state index in [0.717, 1.165) is 5.56 Å². The first-order valence-corrected chi connectivity index (χ1v) is 8.83. The van der Waals surface area contributed by atoms with Crippen LogP contribution >= 0.6 is 11.3 Å². The summed E-state index contributed by atoms with van der Waals surface area (Å²) in [6.45, 7) is 1.79. The molecule has 132 valence electrons. The fourth-order valence-electron chi connectivity index (χ4n) is 2.55. The molecule has 0 aliphatic rings. The number of benzene rings is 2. The molecule has 1 N–H and O–H groups in total. The molecular formula is C20H17FN2O2S. The molecule has 0 bridgehead atoms. The Kier molecular flexibility index (Phi) is 5.14. The molecule has 0 spiro atoms. The first-order chi connectivity index (χ1) is 12.5. The van der Waals surface area contributed by atoms with Crippen molar-refractivity contribution in [2.24, 2.45) is 0 Å². The number of nitrogens with zero attached hydrogens (tertiary/aromatic N) is 1. The number of aryl methyl sites for hydroxylation is 1. The minimum absolute atomic E-state index is 0.192. The number of halogens is 1. The number of para-hydroxylation sites is 1. The molecule has 0 aliphatic heterocycles. The Morgan fingerprint density at radius 1 is 1.08 bits per heavy atom. The number of nitrogens with one attached hydrogen (secondary N) is 1. The highest BCUT2D eigenvalue weighted by molar-refractivity contribution is 7.12. The molecule has 0 saturated carbocycles. The van der Waals surface area contributed by atoms with Gasteiger partial charge in [0.2, 0.25) is 0 Å². The third-order valence-corrected chi connectivity index (χ3v) is 4.85. The van der Waals surface area contributed by atoms with Crippen LogP contribution in [0.25, 0.3) is 0 Å². The second-order valence-corrected chi connectivity index (χ2v) is 6.72. The van der Waals surface area contributed by atoms with Gasteiger partial charge in [-0.15, -0.1) is 11.3 Å². The Balaban J connectivity index is 1.90. The zero-order chi connectivity index (χ0) is 18.7. The van der Waals surface area contributed by atoms with E-state index in [1.54, 1.807) is 56.4 Å². The second kappa shape index (κ2) is 7.49. The lowest BCUT2D eigenvalue weighted by atomic mass is 10.1. The molecule has 0 aliphatic carbocycles. The number of hydrogen-bond acceptors (Lipinski definition) is 3. The summed E-state index contributed by atoms with van der Waals surface area (Å²) in [7, 11) is 1.63. The first-order valence-electron chi connectivity index (χ1n) is 7.95.